The highest BCUT2D eigenvalue weighted by Gasteiger charge is 2.45. The van der Waals surface area contributed by atoms with Gasteiger partial charge in [-0.1, -0.05) is 0 Å². The van der Waals surface area contributed by atoms with Crippen molar-refractivity contribution in [2.75, 3.05) is 20.1 Å². The average molecular weight is 171 g/mol. The summed E-state index contributed by atoms with van der Waals surface area (Å²) in [5.41, 5.74) is 0. The second-order valence-electron chi connectivity index (χ2n) is 3.69. The summed E-state index contributed by atoms with van der Waals surface area (Å²) in [6.45, 7) is 8.16. The normalized spacial score (nSPS) is 36.2. The molecule has 70 valence electrons. The monoisotopic (exact) mass is 171 g/mol. The number of hydrogen-bond donors (Lipinski definition) is 0. The van der Waals surface area contributed by atoms with Crippen LogP contribution >= 0.6 is 0 Å². The molecule has 1 saturated heterocycles. The number of hydrogen-bond acceptors (Lipinski definition) is 1. The summed E-state index contributed by atoms with van der Waals surface area (Å²) in [5.74, 6) is 0.300. The summed E-state index contributed by atoms with van der Waals surface area (Å²) in [7, 11) is 2.14. The first-order chi connectivity index (χ1) is 5.56. The van der Waals surface area contributed by atoms with Crippen molar-refractivity contribution in [1.29, 1.82) is 0 Å². The number of rotatable bonds is 2. The van der Waals surface area contributed by atoms with Crippen molar-refractivity contribution in [3.8, 4) is 0 Å². The number of nitrogens with zero attached hydrogens (tertiary/aromatic N) is 2. The van der Waals surface area contributed by atoms with E-state index in [0.29, 0.717) is 18.4 Å². The average Bonchev–Trinajstić information content (AvgIpc) is 2.24. The van der Waals surface area contributed by atoms with E-state index < -0.39 is 0 Å². The molecule has 1 rings (SSSR count). The standard InChI is InChI=1S/C9H19N2O/c1-5-10-9(12)7-8(3)11(10,4)6-2/h8H,5-7H2,1-4H3/q+1. The van der Waals surface area contributed by atoms with Gasteiger partial charge < -0.3 is 0 Å². The maximum atomic E-state index is 11.5. The van der Waals surface area contributed by atoms with Crippen LogP contribution in [0.15, 0.2) is 0 Å². The molecule has 2 atom stereocenters. The maximum Gasteiger partial charge on any atom is 0.273 e. The van der Waals surface area contributed by atoms with Gasteiger partial charge in [0.2, 0.25) is 0 Å². The smallest absolute Gasteiger partial charge is 0.269 e. The lowest BCUT2D eigenvalue weighted by Gasteiger charge is -2.38. The van der Waals surface area contributed by atoms with Gasteiger partial charge in [0.05, 0.1) is 26.6 Å². The molecular formula is C9H19N2O+. The molecular weight excluding hydrogens is 152 g/mol. The Balaban J connectivity index is 2.89. The number of quaternary nitrogens is 1. The molecule has 1 amide bonds. The molecule has 0 aromatic rings. The predicted molar refractivity (Wildman–Crippen MR) is 48.2 cm³/mol. The first-order valence-corrected chi connectivity index (χ1v) is 4.72. The lowest BCUT2D eigenvalue weighted by Crippen LogP contribution is -2.56. The second-order valence-corrected chi connectivity index (χ2v) is 3.69. The molecule has 0 N–H and O–H groups in total. The fourth-order valence-electron chi connectivity index (χ4n) is 2.03. The van der Waals surface area contributed by atoms with Gasteiger partial charge in [-0.3, -0.25) is 4.79 Å². The van der Waals surface area contributed by atoms with E-state index in [-0.39, 0.29) is 0 Å². The van der Waals surface area contributed by atoms with E-state index in [2.05, 4.69) is 20.9 Å². The Morgan fingerprint density at radius 3 is 2.50 bits per heavy atom. The van der Waals surface area contributed by atoms with Crippen LogP contribution in [-0.2, 0) is 4.79 Å². The molecule has 12 heavy (non-hydrogen) atoms. The quantitative estimate of drug-likeness (QED) is 0.568. The van der Waals surface area contributed by atoms with E-state index in [1.165, 1.54) is 0 Å². The van der Waals surface area contributed by atoms with Gasteiger partial charge >= 0.3 is 0 Å². The van der Waals surface area contributed by atoms with Gasteiger partial charge in [0.15, 0.2) is 0 Å². The van der Waals surface area contributed by atoms with Gasteiger partial charge in [0.1, 0.15) is 6.04 Å². The Bertz CT molecular complexity index is 193. The molecule has 1 aliphatic rings. The highest BCUT2D eigenvalue weighted by atomic mass is 16.2. The third-order valence-electron chi connectivity index (χ3n) is 3.20. The Labute approximate surface area is 74.5 Å². The third-order valence-corrected chi connectivity index (χ3v) is 3.20. The molecule has 1 fully saturated rings. The van der Waals surface area contributed by atoms with Crippen LogP contribution in [0.25, 0.3) is 0 Å². The fourth-order valence-corrected chi connectivity index (χ4v) is 2.03. The van der Waals surface area contributed by atoms with Crippen molar-refractivity contribution in [2.24, 2.45) is 0 Å². The minimum absolute atomic E-state index is 0.300. The molecule has 0 saturated carbocycles. The van der Waals surface area contributed by atoms with E-state index in [1.54, 1.807) is 0 Å². The number of carbonyl (C=O) groups is 1. The Kier molecular flexibility index (Phi) is 2.42. The van der Waals surface area contributed by atoms with E-state index >= 15 is 0 Å². The van der Waals surface area contributed by atoms with E-state index in [0.717, 1.165) is 17.7 Å². The first-order valence-electron chi connectivity index (χ1n) is 4.72. The van der Waals surface area contributed by atoms with Crippen molar-refractivity contribution >= 4 is 5.91 Å². The maximum absolute atomic E-state index is 11.5. The van der Waals surface area contributed by atoms with Gasteiger partial charge in [-0.15, -0.1) is 0 Å². The lowest BCUT2D eigenvalue weighted by atomic mass is 10.2. The van der Waals surface area contributed by atoms with Crippen LogP contribution in [0, 0.1) is 0 Å². The van der Waals surface area contributed by atoms with Crippen LogP contribution in [-0.4, -0.2) is 41.7 Å². The van der Waals surface area contributed by atoms with Crippen LogP contribution < -0.4 is 0 Å². The van der Waals surface area contributed by atoms with Crippen molar-refractivity contribution in [2.45, 2.75) is 33.2 Å². The number of carbonyl (C=O) groups excluding carboxylic acids is 1. The largest absolute Gasteiger partial charge is 0.273 e. The van der Waals surface area contributed by atoms with Crippen LogP contribution in [0.1, 0.15) is 27.2 Å². The third kappa shape index (κ3) is 1.12. The van der Waals surface area contributed by atoms with Crippen molar-refractivity contribution in [3.63, 3.8) is 0 Å². The SMILES string of the molecule is CCN1C(=O)CC(C)[N+]1(C)CC. The van der Waals surface area contributed by atoms with Crippen LogP contribution in [0.2, 0.25) is 0 Å². The summed E-state index contributed by atoms with van der Waals surface area (Å²) in [4.78, 5) is 11.5. The predicted octanol–water partition coefficient (Wildman–Crippen LogP) is 1.01. The molecule has 0 aromatic heterocycles. The molecule has 2 unspecified atom stereocenters. The highest BCUT2D eigenvalue weighted by molar-refractivity contribution is 5.76. The van der Waals surface area contributed by atoms with Gasteiger partial charge in [-0.2, -0.15) is 5.01 Å². The van der Waals surface area contributed by atoms with Crippen molar-refractivity contribution in [1.82, 2.24) is 5.01 Å². The van der Waals surface area contributed by atoms with Crippen LogP contribution in [0.4, 0.5) is 0 Å². The van der Waals surface area contributed by atoms with Gasteiger partial charge in [0, 0.05) is 0 Å². The molecule has 0 aromatic carbocycles. The molecule has 0 spiro atoms. The minimum Gasteiger partial charge on any atom is -0.269 e. The van der Waals surface area contributed by atoms with Crippen molar-refractivity contribution in [3.05, 3.63) is 0 Å². The molecule has 3 nitrogen and oxygen atoms in total. The summed E-state index contributed by atoms with van der Waals surface area (Å²) >= 11 is 0. The number of amides is 1. The fraction of sp³-hybridized carbons (Fsp3) is 0.889. The summed E-state index contributed by atoms with van der Waals surface area (Å²) < 4.78 is 0.787. The zero-order valence-corrected chi connectivity index (χ0v) is 8.50. The van der Waals surface area contributed by atoms with E-state index in [1.807, 2.05) is 11.9 Å². The van der Waals surface area contributed by atoms with Crippen molar-refractivity contribution < 1.29 is 9.39 Å². The van der Waals surface area contributed by atoms with Crippen LogP contribution in [0.5, 0.6) is 0 Å². The molecule has 1 heterocycles. The second kappa shape index (κ2) is 3.05. The first kappa shape index (κ1) is 9.52. The molecule has 0 radical (unpaired) electrons. The highest BCUT2D eigenvalue weighted by Crippen LogP contribution is 2.26. The molecule has 3 heteroatoms. The summed E-state index contributed by atoms with van der Waals surface area (Å²) in [5, 5.41) is 1.96. The summed E-state index contributed by atoms with van der Waals surface area (Å²) in [6, 6.07) is 0.447. The Hall–Kier alpha value is -0.570. The lowest BCUT2D eigenvalue weighted by molar-refractivity contribution is -1.01. The molecule has 1 aliphatic heterocycles. The zero-order valence-electron chi connectivity index (χ0n) is 8.50. The van der Waals surface area contributed by atoms with Gasteiger partial charge in [-0.25, -0.2) is 4.59 Å². The molecule has 0 aliphatic carbocycles. The Morgan fingerprint density at radius 1 is 1.58 bits per heavy atom. The zero-order chi connectivity index (χ0) is 9.35. The molecule has 0 bridgehead atoms. The van der Waals surface area contributed by atoms with E-state index in [9.17, 15) is 4.79 Å². The Morgan fingerprint density at radius 2 is 2.17 bits per heavy atom. The van der Waals surface area contributed by atoms with Gasteiger partial charge in [-0.05, 0) is 20.8 Å². The van der Waals surface area contributed by atoms with Crippen LogP contribution in [0.3, 0.4) is 0 Å². The van der Waals surface area contributed by atoms with E-state index in [4.69, 9.17) is 0 Å². The topological polar surface area (TPSA) is 20.3 Å². The van der Waals surface area contributed by atoms with Gasteiger partial charge in [0.25, 0.3) is 5.91 Å². The minimum atomic E-state index is 0.300. The summed E-state index contributed by atoms with van der Waals surface area (Å²) in [6.07, 6.45) is 0.707.